The second-order valence-corrected chi connectivity index (χ2v) is 13.9. The van der Waals surface area contributed by atoms with Crippen LogP contribution >= 0.6 is 0 Å². The van der Waals surface area contributed by atoms with Crippen LogP contribution in [0.3, 0.4) is 0 Å². The maximum atomic E-state index is 10.0. The highest BCUT2D eigenvalue weighted by Gasteiger charge is 2.16. The van der Waals surface area contributed by atoms with Gasteiger partial charge >= 0.3 is 0 Å². The van der Waals surface area contributed by atoms with E-state index in [9.17, 15) is 5.26 Å². The molecule has 0 unspecified atom stereocenters. The van der Waals surface area contributed by atoms with Gasteiger partial charge < -0.3 is 5.73 Å². The third-order valence-corrected chi connectivity index (χ3v) is 10.4. The van der Waals surface area contributed by atoms with Gasteiger partial charge in [0, 0.05) is 23.2 Å². The molecule has 0 aliphatic heterocycles. The molecule has 2 heterocycles. The molecule has 0 aliphatic rings. The van der Waals surface area contributed by atoms with E-state index in [1.54, 1.807) is 0 Å². The highest BCUT2D eigenvalue weighted by molar-refractivity contribution is 5.89. The lowest BCUT2D eigenvalue weighted by molar-refractivity contribution is 0.908. The second kappa shape index (κ2) is 14.7. The molecule has 0 fully saturated rings. The summed E-state index contributed by atoms with van der Waals surface area (Å²) in [6.45, 7) is 2.13. The van der Waals surface area contributed by atoms with Gasteiger partial charge in [0.2, 0.25) is 0 Å². The molecule has 56 heavy (non-hydrogen) atoms. The molecular formula is C51H37N5. The van der Waals surface area contributed by atoms with Crippen molar-refractivity contribution in [1.82, 2.24) is 14.5 Å². The molecule has 0 saturated carbocycles. The van der Waals surface area contributed by atoms with Gasteiger partial charge in [0.05, 0.1) is 33.7 Å². The number of pyridine rings is 1. The predicted molar refractivity (Wildman–Crippen MR) is 230 cm³/mol. The van der Waals surface area contributed by atoms with Gasteiger partial charge in [-0.15, -0.1) is 0 Å². The number of rotatable bonds is 8. The minimum absolute atomic E-state index is 0.450. The molecule has 0 radical (unpaired) electrons. The smallest absolute Gasteiger partial charge is 0.114 e. The lowest BCUT2D eigenvalue weighted by Gasteiger charge is -2.16. The Balaban J connectivity index is 1.09. The summed E-state index contributed by atoms with van der Waals surface area (Å²) in [5.41, 5.74) is 22.7. The Morgan fingerprint density at radius 2 is 1.09 bits per heavy atom. The lowest BCUT2D eigenvalue weighted by Crippen LogP contribution is -2.00. The molecule has 0 aliphatic carbocycles. The third kappa shape index (κ3) is 6.51. The third-order valence-electron chi connectivity index (χ3n) is 10.4. The summed E-state index contributed by atoms with van der Waals surface area (Å²) in [5.74, 6) is 0.999. The average Bonchev–Trinajstić information content (AvgIpc) is 3.66. The average molecular weight is 720 g/mol. The molecule has 5 nitrogen and oxygen atoms in total. The summed E-state index contributed by atoms with van der Waals surface area (Å²) in [6, 6.07) is 65.0. The maximum Gasteiger partial charge on any atom is 0.114 e. The summed E-state index contributed by atoms with van der Waals surface area (Å²) < 4.78 is 2.23. The van der Waals surface area contributed by atoms with Gasteiger partial charge in [0.25, 0.3) is 0 Å². The van der Waals surface area contributed by atoms with Crippen LogP contribution < -0.4 is 5.73 Å². The van der Waals surface area contributed by atoms with Gasteiger partial charge in [0.1, 0.15) is 11.9 Å². The van der Waals surface area contributed by atoms with Crippen molar-refractivity contribution in [2.45, 2.75) is 13.3 Å². The van der Waals surface area contributed by atoms with Crippen LogP contribution in [0, 0.1) is 11.3 Å². The zero-order chi connectivity index (χ0) is 38.0. The van der Waals surface area contributed by atoms with Crippen LogP contribution in [0.1, 0.15) is 18.3 Å². The van der Waals surface area contributed by atoms with E-state index < -0.39 is 0 Å². The number of nitrogen functional groups attached to an aromatic ring is 1. The first-order valence-electron chi connectivity index (χ1n) is 18.8. The normalized spacial score (nSPS) is 11.1. The van der Waals surface area contributed by atoms with Crippen LogP contribution in [0.2, 0.25) is 0 Å². The molecule has 2 aromatic heterocycles. The van der Waals surface area contributed by atoms with E-state index >= 15 is 0 Å². The van der Waals surface area contributed by atoms with Crippen LogP contribution in [0.15, 0.2) is 182 Å². The van der Waals surface area contributed by atoms with Crippen molar-refractivity contribution >= 4 is 16.7 Å². The molecular weight excluding hydrogens is 683 g/mol. The summed E-state index contributed by atoms with van der Waals surface area (Å²) in [4.78, 5) is 10.1. The molecule has 0 spiro atoms. The number of hydrogen-bond acceptors (Lipinski definition) is 4. The van der Waals surface area contributed by atoms with Crippen molar-refractivity contribution in [1.29, 1.82) is 5.26 Å². The molecule has 9 rings (SSSR count). The van der Waals surface area contributed by atoms with Crippen LogP contribution in [0.4, 0.5) is 5.69 Å². The van der Waals surface area contributed by atoms with Crippen molar-refractivity contribution in [3.05, 3.63) is 193 Å². The van der Waals surface area contributed by atoms with Gasteiger partial charge in [-0.2, -0.15) is 5.26 Å². The van der Waals surface area contributed by atoms with E-state index in [2.05, 4.69) is 151 Å². The van der Waals surface area contributed by atoms with Crippen LogP contribution in [-0.4, -0.2) is 14.5 Å². The van der Waals surface area contributed by atoms with Gasteiger partial charge in [-0.05, 0) is 99.1 Å². The van der Waals surface area contributed by atoms with Crippen molar-refractivity contribution in [2.75, 3.05) is 5.73 Å². The first-order chi connectivity index (χ1) is 27.6. The zero-order valence-corrected chi connectivity index (χ0v) is 30.9. The Labute approximate surface area is 326 Å². The van der Waals surface area contributed by atoms with E-state index in [1.165, 1.54) is 0 Å². The molecule has 0 saturated heterocycles. The van der Waals surface area contributed by atoms with E-state index in [1.807, 2.05) is 48.5 Å². The quantitative estimate of drug-likeness (QED) is 0.159. The Kier molecular flexibility index (Phi) is 8.99. The Hall–Kier alpha value is -7.55. The van der Waals surface area contributed by atoms with Crippen molar-refractivity contribution in [3.63, 3.8) is 0 Å². The number of hydrogen-bond donors (Lipinski definition) is 1. The minimum Gasteiger partial charge on any atom is -0.398 e. The highest BCUT2D eigenvalue weighted by atomic mass is 15.1. The molecule has 266 valence electrons. The summed E-state index contributed by atoms with van der Waals surface area (Å²) in [5, 5.41) is 10.0. The Morgan fingerprint density at radius 3 is 1.84 bits per heavy atom. The van der Waals surface area contributed by atoms with Crippen LogP contribution in [-0.2, 0) is 6.42 Å². The topological polar surface area (TPSA) is 80.5 Å². The first kappa shape index (κ1) is 34.2. The number of nitriles is 1. The number of anilines is 1. The van der Waals surface area contributed by atoms with Crippen LogP contribution in [0.25, 0.3) is 83.7 Å². The van der Waals surface area contributed by atoms with Crippen molar-refractivity contribution < 1.29 is 0 Å². The number of fused-ring (bicyclic) bond motifs is 1. The van der Waals surface area contributed by atoms with E-state index in [0.717, 1.165) is 96.0 Å². The van der Waals surface area contributed by atoms with Crippen molar-refractivity contribution in [2.24, 2.45) is 0 Å². The SMILES string of the molecule is CCc1nc2ccccc2n1-c1cccc(-c2cc(N)c(C#N)cc2-c2ccc(-c3cccc(-c4cc(-c5ccccc5)cc(-c5ccccc5)n4)c3)cc2)c1. The van der Waals surface area contributed by atoms with Crippen LogP contribution in [0.5, 0.6) is 0 Å². The molecule has 7 aromatic carbocycles. The minimum atomic E-state index is 0.450. The number of nitrogens with two attached hydrogens (primary N) is 1. The lowest BCUT2D eigenvalue weighted by atomic mass is 9.90. The van der Waals surface area contributed by atoms with Gasteiger partial charge in [-0.25, -0.2) is 9.97 Å². The van der Waals surface area contributed by atoms with E-state index in [-0.39, 0.29) is 0 Å². The number of nitrogens with zero attached hydrogens (tertiary/aromatic N) is 4. The predicted octanol–water partition coefficient (Wildman–Crippen LogP) is 12.4. The molecule has 0 bridgehead atoms. The highest BCUT2D eigenvalue weighted by Crippen LogP contribution is 2.38. The summed E-state index contributed by atoms with van der Waals surface area (Å²) in [6.07, 6.45) is 0.800. The fraction of sp³-hybridized carbons (Fsp3) is 0.0392. The summed E-state index contributed by atoms with van der Waals surface area (Å²) >= 11 is 0. The standard InChI is InChI=1S/C51H37N5/c1-2-51-55-47-21-9-10-22-50(47)56(51)43-20-12-18-39(28-43)45-32-46(53)42(33-52)29-44(45)36-25-23-35(24-26-36)38-17-11-19-40(27-38)49-31-41(34-13-5-3-6-14-34)30-48(54-49)37-15-7-4-8-16-37/h3-32H,2,53H2,1H3. The number of aryl methyl sites for hydroxylation is 1. The molecule has 0 amide bonds. The monoisotopic (exact) mass is 719 g/mol. The van der Waals surface area contributed by atoms with E-state index in [0.29, 0.717) is 11.3 Å². The number of imidazole rings is 1. The number of benzene rings is 7. The first-order valence-corrected chi connectivity index (χ1v) is 18.8. The van der Waals surface area contributed by atoms with E-state index in [4.69, 9.17) is 15.7 Å². The second-order valence-electron chi connectivity index (χ2n) is 13.9. The molecule has 0 atom stereocenters. The number of para-hydroxylation sites is 2. The van der Waals surface area contributed by atoms with Crippen molar-refractivity contribution in [3.8, 4) is 78.8 Å². The zero-order valence-electron chi connectivity index (χ0n) is 30.9. The largest absolute Gasteiger partial charge is 0.398 e. The van der Waals surface area contributed by atoms with Gasteiger partial charge in [0.15, 0.2) is 0 Å². The van der Waals surface area contributed by atoms with Gasteiger partial charge in [-0.3, -0.25) is 4.57 Å². The molecule has 2 N–H and O–H groups in total. The Morgan fingerprint density at radius 1 is 0.500 bits per heavy atom. The van der Waals surface area contributed by atoms with Gasteiger partial charge in [-0.1, -0.05) is 134 Å². The number of aromatic nitrogens is 3. The summed E-state index contributed by atoms with van der Waals surface area (Å²) in [7, 11) is 0. The maximum absolute atomic E-state index is 10.0. The fourth-order valence-corrected chi connectivity index (χ4v) is 7.54. The Bertz CT molecular complexity index is 2840. The molecule has 5 heteroatoms. The fourth-order valence-electron chi connectivity index (χ4n) is 7.54. The molecule has 9 aromatic rings.